The van der Waals surface area contributed by atoms with E-state index in [-0.39, 0.29) is 16.7 Å². The van der Waals surface area contributed by atoms with Gasteiger partial charge in [-0.1, -0.05) is 41.5 Å². The molecule has 1 N–H and O–H groups in total. The standard InChI is InChI=1S/C17H32N2O/c1-12(14(18-9)17(6,7)8)13(2)15(20)19-11-10-16(3,4)5/h10-11H2,1-9H3,(H,19,20)/b13-12+,18-14?. The van der Waals surface area contributed by atoms with Gasteiger partial charge in [0.25, 0.3) is 0 Å². The Hall–Kier alpha value is -1.12. The lowest BCUT2D eigenvalue weighted by Crippen LogP contribution is -2.30. The second kappa shape index (κ2) is 7.05. The number of carbonyl (C=O) groups excluding carboxylic acids is 1. The van der Waals surface area contributed by atoms with Gasteiger partial charge >= 0.3 is 0 Å². The summed E-state index contributed by atoms with van der Waals surface area (Å²) < 4.78 is 0. The molecule has 0 atom stereocenters. The van der Waals surface area contributed by atoms with E-state index in [9.17, 15) is 4.79 Å². The Morgan fingerprint density at radius 2 is 1.50 bits per heavy atom. The summed E-state index contributed by atoms with van der Waals surface area (Å²) in [5, 5.41) is 3.00. The summed E-state index contributed by atoms with van der Waals surface area (Å²) in [6.07, 6.45) is 0.971. The maximum absolute atomic E-state index is 12.2. The van der Waals surface area contributed by atoms with Crippen molar-refractivity contribution < 1.29 is 4.79 Å². The number of nitrogens with one attached hydrogen (secondary N) is 1. The predicted molar refractivity (Wildman–Crippen MR) is 88.3 cm³/mol. The minimum atomic E-state index is -0.0498. The van der Waals surface area contributed by atoms with Crippen molar-refractivity contribution in [3.05, 3.63) is 11.1 Å². The smallest absolute Gasteiger partial charge is 0.247 e. The highest BCUT2D eigenvalue weighted by Gasteiger charge is 2.22. The molecule has 0 fully saturated rings. The van der Waals surface area contributed by atoms with E-state index >= 15 is 0 Å². The van der Waals surface area contributed by atoms with Crippen molar-refractivity contribution in [1.82, 2.24) is 5.32 Å². The van der Waals surface area contributed by atoms with E-state index in [1.807, 2.05) is 13.8 Å². The molecule has 0 unspecified atom stereocenters. The van der Waals surface area contributed by atoms with Crippen molar-refractivity contribution >= 4 is 11.6 Å². The largest absolute Gasteiger partial charge is 0.352 e. The van der Waals surface area contributed by atoms with Crippen LogP contribution in [0.15, 0.2) is 16.1 Å². The van der Waals surface area contributed by atoms with Gasteiger partial charge in [-0.2, -0.15) is 0 Å². The second-order valence-electron chi connectivity index (χ2n) is 7.64. The van der Waals surface area contributed by atoms with Gasteiger partial charge in [-0.3, -0.25) is 9.79 Å². The third-order valence-electron chi connectivity index (χ3n) is 3.35. The van der Waals surface area contributed by atoms with Crippen LogP contribution in [0.25, 0.3) is 0 Å². The zero-order valence-corrected chi connectivity index (χ0v) is 14.8. The zero-order valence-electron chi connectivity index (χ0n) is 14.8. The van der Waals surface area contributed by atoms with E-state index in [1.165, 1.54) is 0 Å². The van der Waals surface area contributed by atoms with Crippen LogP contribution >= 0.6 is 0 Å². The van der Waals surface area contributed by atoms with Crippen LogP contribution < -0.4 is 5.32 Å². The Morgan fingerprint density at radius 1 is 1.00 bits per heavy atom. The normalized spacial score (nSPS) is 14.9. The molecule has 0 aromatic rings. The molecule has 0 saturated carbocycles. The molecule has 0 aromatic carbocycles. The SMILES string of the molecule is CN=C(/C(C)=C(\C)C(=O)NCCC(C)(C)C)C(C)(C)C. The average Bonchev–Trinajstić information content (AvgIpc) is 2.24. The van der Waals surface area contributed by atoms with Gasteiger partial charge in [0.1, 0.15) is 0 Å². The number of carbonyl (C=O) groups is 1. The highest BCUT2D eigenvalue weighted by Crippen LogP contribution is 2.23. The molecular weight excluding hydrogens is 248 g/mol. The van der Waals surface area contributed by atoms with Crippen molar-refractivity contribution in [1.29, 1.82) is 0 Å². The van der Waals surface area contributed by atoms with Gasteiger partial charge in [-0.15, -0.1) is 0 Å². The Bertz CT molecular complexity index is 404. The lowest BCUT2D eigenvalue weighted by molar-refractivity contribution is -0.117. The first-order valence-electron chi connectivity index (χ1n) is 7.33. The molecule has 0 heterocycles. The second-order valence-corrected chi connectivity index (χ2v) is 7.64. The van der Waals surface area contributed by atoms with Crippen molar-refractivity contribution in [2.75, 3.05) is 13.6 Å². The molecule has 3 nitrogen and oxygen atoms in total. The maximum atomic E-state index is 12.2. The number of aliphatic imine (C=N–C) groups is 1. The van der Waals surface area contributed by atoms with Crippen LogP contribution in [0.2, 0.25) is 0 Å². The van der Waals surface area contributed by atoms with Gasteiger partial charge in [-0.25, -0.2) is 0 Å². The molecule has 0 aliphatic rings. The third kappa shape index (κ3) is 6.36. The first-order valence-corrected chi connectivity index (χ1v) is 7.33. The Balaban J connectivity index is 4.90. The van der Waals surface area contributed by atoms with Gasteiger partial charge in [0, 0.05) is 30.3 Å². The molecule has 0 spiro atoms. The van der Waals surface area contributed by atoms with E-state index in [4.69, 9.17) is 0 Å². The maximum Gasteiger partial charge on any atom is 0.247 e. The average molecular weight is 280 g/mol. The fourth-order valence-corrected chi connectivity index (χ4v) is 2.10. The molecule has 0 aliphatic heterocycles. The van der Waals surface area contributed by atoms with Gasteiger partial charge < -0.3 is 5.32 Å². The quantitative estimate of drug-likeness (QED) is 0.614. The number of amides is 1. The van der Waals surface area contributed by atoms with Crippen LogP contribution in [0.5, 0.6) is 0 Å². The molecule has 20 heavy (non-hydrogen) atoms. The Morgan fingerprint density at radius 3 is 1.85 bits per heavy atom. The predicted octanol–water partition coefficient (Wildman–Crippen LogP) is 3.99. The van der Waals surface area contributed by atoms with Gasteiger partial charge in [0.05, 0.1) is 0 Å². The molecule has 0 aromatic heterocycles. The number of nitrogens with zero attached hydrogens (tertiary/aromatic N) is 1. The van der Waals surface area contributed by atoms with Crippen molar-refractivity contribution in [3.8, 4) is 0 Å². The highest BCUT2D eigenvalue weighted by molar-refractivity contribution is 6.09. The van der Waals surface area contributed by atoms with E-state index < -0.39 is 0 Å². The van der Waals surface area contributed by atoms with Gasteiger partial charge in [-0.05, 0) is 31.3 Å². The molecule has 3 heteroatoms. The lowest BCUT2D eigenvalue weighted by Gasteiger charge is -2.23. The van der Waals surface area contributed by atoms with Crippen LogP contribution in [0, 0.1) is 10.8 Å². The van der Waals surface area contributed by atoms with Crippen LogP contribution in [-0.4, -0.2) is 25.2 Å². The van der Waals surface area contributed by atoms with E-state index in [2.05, 4.69) is 51.9 Å². The molecule has 116 valence electrons. The molecule has 0 aliphatic carbocycles. The zero-order chi connectivity index (χ0) is 16.1. The fourth-order valence-electron chi connectivity index (χ4n) is 2.10. The lowest BCUT2D eigenvalue weighted by atomic mass is 9.84. The molecule has 0 rings (SSSR count). The number of hydrogen-bond acceptors (Lipinski definition) is 2. The molecule has 1 amide bonds. The fraction of sp³-hybridized carbons (Fsp3) is 0.765. The van der Waals surface area contributed by atoms with Gasteiger partial charge in [0.2, 0.25) is 5.91 Å². The highest BCUT2D eigenvalue weighted by atomic mass is 16.1. The monoisotopic (exact) mass is 280 g/mol. The van der Waals surface area contributed by atoms with Crippen LogP contribution in [-0.2, 0) is 4.79 Å². The van der Waals surface area contributed by atoms with Gasteiger partial charge in [0.15, 0.2) is 0 Å². The van der Waals surface area contributed by atoms with E-state index in [0.29, 0.717) is 6.54 Å². The van der Waals surface area contributed by atoms with Crippen molar-refractivity contribution in [3.63, 3.8) is 0 Å². The minimum Gasteiger partial charge on any atom is -0.352 e. The summed E-state index contributed by atoms with van der Waals surface area (Å²) in [6.45, 7) is 17.4. The third-order valence-corrected chi connectivity index (χ3v) is 3.35. The van der Waals surface area contributed by atoms with Crippen molar-refractivity contribution in [2.24, 2.45) is 15.8 Å². The van der Waals surface area contributed by atoms with E-state index in [0.717, 1.165) is 23.3 Å². The summed E-state index contributed by atoms with van der Waals surface area (Å²) in [7, 11) is 1.79. The Labute approximate surface area is 124 Å². The topological polar surface area (TPSA) is 41.5 Å². The number of allylic oxidation sites excluding steroid dienone is 1. The molecule has 0 saturated heterocycles. The summed E-state index contributed by atoms with van der Waals surface area (Å²) in [5.74, 6) is 0.0112. The summed E-state index contributed by atoms with van der Waals surface area (Å²) in [4.78, 5) is 16.6. The van der Waals surface area contributed by atoms with E-state index in [1.54, 1.807) is 7.05 Å². The summed E-state index contributed by atoms with van der Waals surface area (Å²) in [6, 6.07) is 0. The molecular formula is C17H32N2O. The van der Waals surface area contributed by atoms with Crippen molar-refractivity contribution in [2.45, 2.75) is 61.8 Å². The van der Waals surface area contributed by atoms with Crippen LogP contribution in [0.4, 0.5) is 0 Å². The number of hydrogen-bond donors (Lipinski definition) is 1. The molecule has 0 bridgehead atoms. The minimum absolute atomic E-state index is 0.0112. The summed E-state index contributed by atoms with van der Waals surface area (Å²) in [5.41, 5.74) is 2.91. The van der Waals surface area contributed by atoms with Crippen LogP contribution in [0.3, 0.4) is 0 Å². The van der Waals surface area contributed by atoms with Crippen LogP contribution in [0.1, 0.15) is 61.8 Å². The summed E-state index contributed by atoms with van der Waals surface area (Å²) >= 11 is 0. The number of rotatable bonds is 4. The first-order chi connectivity index (χ1) is 8.90. The first kappa shape index (κ1) is 18.9. The Kier molecular flexibility index (Phi) is 6.66. The molecule has 0 radical (unpaired) electrons.